The van der Waals surface area contributed by atoms with Crippen molar-refractivity contribution in [3.05, 3.63) is 29.6 Å². The average Bonchev–Trinajstić information content (AvgIpc) is 2.51. The van der Waals surface area contributed by atoms with Crippen LogP contribution in [0.25, 0.3) is 0 Å². The molecule has 1 unspecified atom stereocenters. The zero-order valence-corrected chi connectivity index (χ0v) is 13.8. The molecule has 1 aliphatic heterocycles. The van der Waals surface area contributed by atoms with Gasteiger partial charge in [-0.15, -0.1) is 0 Å². The van der Waals surface area contributed by atoms with Gasteiger partial charge in [-0.2, -0.15) is 0 Å². The molecule has 1 saturated heterocycles. The number of hydrogen-bond acceptors (Lipinski definition) is 3. The molecule has 1 fully saturated rings. The second-order valence-corrected chi connectivity index (χ2v) is 6.11. The van der Waals surface area contributed by atoms with E-state index in [9.17, 15) is 14.0 Å². The van der Waals surface area contributed by atoms with Gasteiger partial charge in [0.15, 0.2) is 0 Å². The normalized spacial score (nSPS) is 17.4. The Morgan fingerprint density at radius 2 is 2.21 bits per heavy atom. The Labute approximate surface area is 141 Å². The molecule has 0 bridgehead atoms. The van der Waals surface area contributed by atoms with Crippen molar-refractivity contribution >= 4 is 17.7 Å². The Hall–Kier alpha value is -2.31. The molecule has 1 aromatic carbocycles. The molecule has 3 N–H and O–H groups in total. The van der Waals surface area contributed by atoms with Crippen molar-refractivity contribution in [1.29, 1.82) is 0 Å². The summed E-state index contributed by atoms with van der Waals surface area (Å²) in [4.78, 5) is 24.5. The van der Waals surface area contributed by atoms with Crippen molar-refractivity contribution in [3.8, 4) is 0 Å². The van der Waals surface area contributed by atoms with Crippen LogP contribution in [0, 0.1) is 12.7 Å². The van der Waals surface area contributed by atoms with Crippen molar-refractivity contribution in [2.24, 2.45) is 0 Å². The van der Waals surface area contributed by atoms with E-state index in [0.29, 0.717) is 19.5 Å². The first-order valence-electron chi connectivity index (χ1n) is 8.23. The minimum Gasteiger partial charge on any atom is -0.481 e. The standard InChI is InChI=1S/C17H24FN3O3/c1-12-10-13(18)6-7-15(12)21-9-3-4-14(11-21)20-17(24)19-8-2-5-16(22)23/h6-7,10,14H,2-5,8-9,11H2,1H3,(H,22,23)(H2,19,20,24). The van der Waals surface area contributed by atoms with Gasteiger partial charge in [-0.3, -0.25) is 4.79 Å². The first-order chi connectivity index (χ1) is 11.5. The highest BCUT2D eigenvalue weighted by Crippen LogP contribution is 2.24. The van der Waals surface area contributed by atoms with Crippen LogP contribution in [0.15, 0.2) is 18.2 Å². The fraction of sp³-hybridized carbons (Fsp3) is 0.529. The lowest BCUT2D eigenvalue weighted by molar-refractivity contribution is -0.137. The highest BCUT2D eigenvalue weighted by atomic mass is 19.1. The van der Waals surface area contributed by atoms with Crippen molar-refractivity contribution < 1.29 is 19.1 Å². The lowest BCUT2D eigenvalue weighted by Crippen LogP contribution is -2.50. The van der Waals surface area contributed by atoms with Gasteiger partial charge in [0.2, 0.25) is 0 Å². The molecule has 7 heteroatoms. The maximum atomic E-state index is 13.2. The highest BCUT2D eigenvalue weighted by molar-refractivity contribution is 5.74. The summed E-state index contributed by atoms with van der Waals surface area (Å²) < 4.78 is 13.2. The number of nitrogens with one attached hydrogen (secondary N) is 2. The van der Waals surface area contributed by atoms with Crippen LogP contribution in [0.1, 0.15) is 31.2 Å². The van der Waals surface area contributed by atoms with Gasteiger partial charge in [-0.1, -0.05) is 0 Å². The number of rotatable bonds is 6. The van der Waals surface area contributed by atoms with Gasteiger partial charge < -0.3 is 20.6 Å². The topological polar surface area (TPSA) is 81.7 Å². The number of halogens is 1. The van der Waals surface area contributed by atoms with Crippen LogP contribution in [0.3, 0.4) is 0 Å². The smallest absolute Gasteiger partial charge is 0.315 e. The second kappa shape index (κ2) is 8.52. The highest BCUT2D eigenvalue weighted by Gasteiger charge is 2.22. The zero-order valence-electron chi connectivity index (χ0n) is 13.8. The van der Waals surface area contributed by atoms with E-state index in [1.54, 1.807) is 6.07 Å². The number of carbonyl (C=O) groups excluding carboxylic acids is 1. The number of carboxylic acid groups (broad SMARTS) is 1. The number of anilines is 1. The maximum absolute atomic E-state index is 13.2. The maximum Gasteiger partial charge on any atom is 0.315 e. The van der Waals surface area contributed by atoms with Gasteiger partial charge >= 0.3 is 12.0 Å². The van der Waals surface area contributed by atoms with Crippen LogP contribution in [0.4, 0.5) is 14.9 Å². The molecule has 2 amide bonds. The van der Waals surface area contributed by atoms with E-state index in [0.717, 1.165) is 30.6 Å². The van der Waals surface area contributed by atoms with Crippen LogP contribution < -0.4 is 15.5 Å². The van der Waals surface area contributed by atoms with Gasteiger partial charge in [-0.25, -0.2) is 9.18 Å². The molecule has 0 radical (unpaired) electrons. The number of amides is 2. The Morgan fingerprint density at radius 1 is 1.42 bits per heavy atom. The molecule has 1 atom stereocenters. The van der Waals surface area contributed by atoms with Gasteiger partial charge in [0.05, 0.1) is 0 Å². The van der Waals surface area contributed by atoms with Crippen molar-refractivity contribution in [2.75, 3.05) is 24.5 Å². The number of piperidine rings is 1. The second-order valence-electron chi connectivity index (χ2n) is 6.11. The Balaban J connectivity index is 1.82. The molecule has 24 heavy (non-hydrogen) atoms. The summed E-state index contributed by atoms with van der Waals surface area (Å²) in [5.74, 6) is -1.11. The number of benzene rings is 1. The summed E-state index contributed by atoms with van der Waals surface area (Å²) in [6, 6.07) is 4.49. The van der Waals surface area contributed by atoms with Crippen molar-refractivity contribution in [3.63, 3.8) is 0 Å². The van der Waals surface area contributed by atoms with E-state index in [1.165, 1.54) is 12.1 Å². The number of urea groups is 1. The third kappa shape index (κ3) is 5.40. The molecule has 1 heterocycles. The van der Waals surface area contributed by atoms with Crippen LogP contribution in [-0.2, 0) is 4.79 Å². The molecule has 2 rings (SSSR count). The van der Waals surface area contributed by atoms with E-state index in [1.807, 2.05) is 6.92 Å². The fourth-order valence-electron chi connectivity index (χ4n) is 2.97. The predicted molar refractivity (Wildman–Crippen MR) is 89.8 cm³/mol. The van der Waals surface area contributed by atoms with Crippen LogP contribution in [-0.4, -0.2) is 42.8 Å². The van der Waals surface area contributed by atoms with Crippen molar-refractivity contribution in [2.45, 2.75) is 38.6 Å². The number of aliphatic carboxylic acids is 1. The SMILES string of the molecule is Cc1cc(F)ccc1N1CCCC(NC(=O)NCCCC(=O)O)C1. The van der Waals surface area contributed by atoms with E-state index in [2.05, 4.69) is 15.5 Å². The monoisotopic (exact) mass is 337 g/mol. The molecule has 0 saturated carbocycles. The van der Waals surface area contributed by atoms with E-state index in [4.69, 9.17) is 5.11 Å². The lowest BCUT2D eigenvalue weighted by atomic mass is 10.0. The lowest BCUT2D eigenvalue weighted by Gasteiger charge is -2.35. The molecule has 0 spiro atoms. The average molecular weight is 337 g/mol. The Morgan fingerprint density at radius 3 is 2.92 bits per heavy atom. The van der Waals surface area contributed by atoms with E-state index >= 15 is 0 Å². The van der Waals surface area contributed by atoms with Gasteiger partial charge in [0.25, 0.3) is 0 Å². The molecular weight excluding hydrogens is 313 g/mol. The molecule has 6 nitrogen and oxygen atoms in total. The summed E-state index contributed by atoms with van der Waals surface area (Å²) in [6.07, 6.45) is 2.29. The predicted octanol–water partition coefficient (Wildman–Crippen LogP) is 2.27. The molecule has 0 aromatic heterocycles. The number of hydrogen-bond donors (Lipinski definition) is 3. The van der Waals surface area contributed by atoms with E-state index < -0.39 is 5.97 Å². The van der Waals surface area contributed by atoms with Gasteiger partial charge in [-0.05, 0) is 49.9 Å². The van der Waals surface area contributed by atoms with Crippen LogP contribution in [0.5, 0.6) is 0 Å². The summed E-state index contributed by atoms with van der Waals surface area (Å²) in [5, 5.41) is 14.2. The Bertz CT molecular complexity index is 594. The molecule has 132 valence electrons. The van der Waals surface area contributed by atoms with E-state index in [-0.39, 0.29) is 24.3 Å². The fourth-order valence-corrected chi connectivity index (χ4v) is 2.97. The number of aryl methyl sites for hydroxylation is 1. The summed E-state index contributed by atoms with van der Waals surface area (Å²) in [6.45, 7) is 3.77. The van der Waals surface area contributed by atoms with Crippen molar-refractivity contribution in [1.82, 2.24) is 10.6 Å². The molecule has 1 aromatic rings. The number of carboxylic acids is 1. The summed E-state index contributed by atoms with van der Waals surface area (Å²) >= 11 is 0. The first kappa shape index (κ1) is 18.0. The molecule has 1 aliphatic rings. The summed E-state index contributed by atoms with van der Waals surface area (Å²) in [5.41, 5.74) is 1.87. The van der Waals surface area contributed by atoms with Crippen LogP contribution in [0.2, 0.25) is 0 Å². The van der Waals surface area contributed by atoms with Gasteiger partial charge in [0, 0.05) is 37.8 Å². The quantitative estimate of drug-likeness (QED) is 0.696. The molecule has 0 aliphatic carbocycles. The summed E-state index contributed by atoms with van der Waals surface area (Å²) in [7, 11) is 0. The number of nitrogens with zero attached hydrogens (tertiary/aromatic N) is 1. The zero-order chi connectivity index (χ0) is 17.5. The Kier molecular flexibility index (Phi) is 6.40. The largest absolute Gasteiger partial charge is 0.481 e. The van der Waals surface area contributed by atoms with Crippen LogP contribution >= 0.6 is 0 Å². The van der Waals surface area contributed by atoms with Gasteiger partial charge in [0.1, 0.15) is 5.82 Å². The first-order valence-corrected chi connectivity index (χ1v) is 8.23. The minimum absolute atomic E-state index is 0.0164. The third-order valence-electron chi connectivity index (χ3n) is 4.11. The minimum atomic E-state index is -0.866. The third-order valence-corrected chi connectivity index (χ3v) is 4.11. The molecular formula is C17H24FN3O3. The number of carbonyl (C=O) groups is 2.